The van der Waals surface area contributed by atoms with Crippen molar-refractivity contribution in [3.8, 4) is 11.8 Å². The Balaban J connectivity index is 2.09. The summed E-state index contributed by atoms with van der Waals surface area (Å²) in [4.78, 5) is 4.25. The topological polar surface area (TPSA) is 38.9 Å². The molecule has 0 fully saturated rings. The SMILES string of the molecule is NCC#Cc1ccccc1CSc1nccs1. The first-order valence-electron chi connectivity index (χ1n) is 5.19. The minimum absolute atomic E-state index is 0.397. The summed E-state index contributed by atoms with van der Waals surface area (Å²) >= 11 is 3.40. The predicted octanol–water partition coefficient (Wildman–Crippen LogP) is 2.75. The Morgan fingerprint density at radius 1 is 1.35 bits per heavy atom. The standard InChI is InChI=1S/C13H12N2S2/c14-7-3-6-11-4-1-2-5-12(11)10-17-13-15-8-9-16-13/h1-2,4-5,8-9H,7,10,14H2. The molecule has 0 atom stereocenters. The highest BCUT2D eigenvalue weighted by Gasteiger charge is 2.01. The maximum absolute atomic E-state index is 5.39. The van der Waals surface area contributed by atoms with Crippen LogP contribution in [0.3, 0.4) is 0 Å². The number of nitrogens with two attached hydrogens (primary N) is 1. The number of aromatic nitrogens is 1. The molecule has 1 heterocycles. The van der Waals surface area contributed by atoms with E-state index in [1.54, 1.807) is 23.1 Å². The molecule has 86 valence electrons. The van der Waals surface area contributed by atoms with Gasteiger partial charge in [-0.1, -0.05) is 41.8 Å². The largest absolute Gasteiger partial charge is 0.320 e. The molecule has 0 spiro atoms. The molecule has 0 aliphatic rings. The van der Waals surface area contributed by atoms with Gasteiger partial charge in [0.2, 0.25) is 0 Å². The van der Waals surface area contributed by atoms with Crippen molar-refractivity contribution in [2.75, 3.05) is 6.54 Å². The van der Waals surface area contributed by atoms with Gasteiger partial charge in [-0.05, 0) is 11.6 Å². The fourth-order valence-corrected chi connectivity index (χ4v) is 2.98. The fraction of sp³-hybridized carbons (Fsp3) is 0.154. The Morgan fingerprint density at radius 2 is 2.24 bits per heavy atom. The Hall–Kier alpha value is -1.28. The number of hydrogen-bond acceptors (Lipinski definition) is 4. The highest BCUT2D eigenvalue weighted by Crippen LogP contribution is 2.25. The molecule has 1 aromatic heterocycles. The third-order valence-corrected chi connectivity index (χ3v) is 4.12. The lowest BCUT2D eigenvalue weighted by Crippen LogP contribution is -1.94. The van der Waals surface area contributed by atoms with Crippen LogP contribution in [0.2, 0.25) is 0 Å². The zero-order valence-electron chi connectivity index (χ0n) is 9.22. The number of nitrogens with zero attached hydrogens (tertiary/aromatic N) is 1. The van der Waals surface area contributed by atoms with E-state index < -0.39 is 0 Å². The van der Waals surface area contributed by atoms with Gasteiger partial charge in [-0.2, -0.15) is 0 Å². The molecule has 0 aliphatic carbocycles. The first-order valence-corrected chi connectivity index (χ1v) is 7.06. The van der Waals surface area contributed by atoms with Crippen molar-refractivity contribution in [2.45, 2.75) is 10.1 Å². The molecule has 2 rings (SSSR count). The monoisotopic (exact) mass is 260 g/mol. The maximum atomic E-state index is 5.39. The van der Waals surface area contributed by atoms with Crippen molar-refractivity contribution in [3.05, 3.63) is 47.0 Å². The summed E-state index contributed by atoms with van der Waals surface area (Å²) in [6.07, 6.45) is 1.83. The van der Waals surface area contributed by atoms with Gasteiger partial charge < -0.3 is 5.73 Å². The van der Waals surface area contributed by atoms with E-state index in [9.17, 15) is 0 Å². The van der Waals surface area contributed by atoms with Crippen LogP contribution in [0.15, 0.2) is 40.2 Å². The van der Waals surface area contributed by atoms with Crippen molar-refractivity contribution in [1.29, 1.82) is 0 Å². The molecular weight excluding hydrogens is 248 g/mol. The summed E-state index contributed by atoms with van der Waals surface area (Å²) in [5.41, 5.74) is 7.68. The predicted molar refractivity (Wildman–Crippen MR) is 74.0 cm³/mol. The number of thioether (sulfide) groups is 1. The van der Waals surface area contributed by atoms with E-state index in [4.69, 9.17) is 5.73 Å². The van der Waals surface area contributed by atoms with Crippen molar-refractivity contribution in [1.82, 2.24) is 4.98 Å². The zero-order chi connectivity index (χ0) is 11.9. The van der Waals surface area contributed by atoms with Gasteiger partial charge in [-0.15, -0.1) is 11.3 Å². The van der Waals surface area contributed by atoms with Gasteiger partial charge in [0, 0.05) is 22.9 Å². The van der Waals surface area contributed by atoms with Gasteiger partial charge in [0.1, 0.15) is 4.34 Å². The quantitative estimate of drug-likeness (QED) is 0.681. The van der Waals surface area contributed by atoms with E-state index in [-0.39, 0.29) is 0 Å². The summed E-state index contributed by atoms with van der Waals surface area (Å²) in [7, 11) is 0. The Morgan fingerprint density at radius 3 is 3.00 bits per heavy atom. The molecule has 2 nitrogen and oxygen atoms in total. The van der Waals surface area contributed by atoms with E-state index in [0.717, 1.165) is 15.7 Å². The number of thiazole rings is 1. The van der Waals surface area contributed by atoms with E-state index in [1.165, 1.54) is 5.56 Å². The number of hydrogen-bond donors (Lipinski definition) is 1. The summed E-state index contributed by atoms with van der Waals surface area (Å²) in [5.74, 6) is 6.88. The molecule has 2 N–H and O–H groups in total. The summed E-state index contributed by atoms with van der Waals surface area (Å²) in [5, 5.41) is 1.99. The lowest BCUT2D eigenvalue weighted by Gasteiger charge is -2.02. The molecule has 0 aliphatic heterocycles. The molecular formula is C13H12N2S2. The summed E-state index contributed by atoms with van der Waals surface area (Å²) in [6, 6.07) is 8.16. The summed E-state index contributed by atoms with van der Waals surface area (Å²) in [6.45, 7) is 0.397. The lowest BCUT2D eigenvalue weighted by molar-refractivity contribution is 1.24. The second kappa shape index (κ2) is 6.45. The van der Waals surface area contributed by atoms with Crippen molar-refractivity contribution < 1.29 is 0 Å². The second-order valence-electron chi connectivity index (χ2n) is 3.25. The van der Waals surface area contributed by atoms with Gasteiger partial charge >= 0.3 is 0 Å². The second-order valence-corrected chi connectivity index (χ2v) is 5.37. The van der Waals surface area contributed by atoms with E-state index in [1.807, 2.05) is 29.8 Å². The lowest BCUT2D eigenvalue weighted by atomic mass is 10.1. The van der Waals surface area contributed by atoms with Crippen LogP contribution in [-0.2, 0) is 5.75 Å². The van der Waals surface area contributed by atoms with Crippen LogP contribution in [0.5, 0.6) is 0 Å². The molecule has 0 bridgehead atoms. The van der Waals surface area contributed by atoms with Crippen LogP contribution in [0.1, 0.15) is 11.1 Å². The average molecular weight is 260 g/mol. The first kappa shape index (κ1) is 12.2. The molecule has 0 amide bonds. The minimum Gasteiger partial charge on any atom is -0.320 e. The normalized spacial score (nSPS) is 9.71. The highest BCUT2D eigenvalue weighted by atomic mass is 32.2. The van der Waals surface area contributed by atoms with E-state index >= 15 is 0 Å². The van der Waals surface area contributed by atoms with Crippen molar-refractivity contribution in [3.63, 3.8) is 0 Å². The molecule has 2 aromatic rings. The summed E-state index contributed by atoms with van der Waals surface area (Å²) < 4.78 is 1.09. The van der Waals surface area contributed by atoms with Gasteiger partial charge in [0.25, 0.3) is 0 Å². The van der Waals surface area contributed by atoms with Gasteiger partial charge in [-0.25, -0.2) is 4.98 Å². The molecule has 0 saturated heterocycles. The molecule has 1 aromatic carbocycles. The van der Waals surface area contributed by atoms with E-state index in [0.29, 0.717) is 6.54 Å². The smallest absolute Gasteiger partial charge is 0.150 e. The van der Waals surface area contributed by atoms with E-state index in [2.05, 4.69) is 22.9 Å². The number of benzene rings is 1. The third-order valence-electron chi connectivity index (χ3n) is 2.10. The van der Waals surface area contributed by atoms with Gasteiger partial charge in [0.15, 0.2) is 0 Å². The Labute approximate surface area is 109 Å². The minimum atomic E-state index is 0.397. The molecule has 4 heteroatoms. The molecule has 0 unspecified atom stereocenters. The first-order chi connectivity index (χ1) is 8.40. The highest BCUT2D eigenvalue weighted by molar-refractivity contribution is 8.00. The molecule has 0 radical (unpaired) electrons. The molecule has 0 saturated carbocycles. The Kier molecular flexibility index (Phi) is 4.63. The van der Waals surface area contributed by atoms with Crippen LogP contribution < -0.4 is 5.73 Å². The maximum Gasteiger partial charge on any atom is 0.150 e. The third kappa shape index (κ3) is 3.60. The Bertz CT molecular complexity index is 524. The fourth-order valence-electron chi connectivity index (χ4n) is 1.34. The van der Waals surface area contributed by atoms with Crippen molar-refractivity contribution in [2.24, 2.45) is 5.73 Å². The average Bonchev–Trinajstić information content (AvgIpc) is 2.88. The zero-order valence-corrected chi connectivity index (χ0v) is 10.9. The van der Waals surface area contributed by atoms with Crippen LogP contribution in [0, 0.1) is 11.8 Å². The van der Waals surface area contributed by atoms with Gasteiger partial charge in [-0.3, -0.25) is 0 Å². The van der Waals surface area contributed by atoms with Crippen LogP contribution >= 0.6 is 23.1 Å². The number of rotatable bonds is 3. The van der Waals surface area contributed by atoms with Crippen LogP contribution in [0.25, 0.3) is 0 Å². The van der Waals surface area contributed by atoms with Gasteiger partial charge in [0.05, 0.1) is 6.54 Å². The van der Waals surface area contributed by atoms with Crippen LogP contribution in [-0.4, -0.2) is 11.5 Å². The van der Waals surface area contributed by atoms with Crippen molar-refractivity contribution >= 4 is 23.1 Å². The molecule has 17 heavy (non-hydrogen) atoms. The van der Waals surface area contributed by atoms with Crippen LogP contribution in [0.4, 0.5) is 0 Å².